The first-order chi connectivity index (χ1) is 9.70. The quantitative estimate of drug-likeness (QED) is 0.875. The average Bonchev–Trinajstić information content (AvgIpc) is 2.86. The number of fused-ring (bicyclic) bond motifs is 1. The number of rotatable bonds is 3. The maximum atomic E-state index is 13.1. The van der Waals surface area contributed by atoms with Gasteiger partial charge in [-0.25, -0.2) is 4.39 Å². The molecule has 4 nitrogen and oxygen atoms in total. The van der Waals surface area contributed by atoms with Gasteiger partial charge in [0.15, 0.2) is 0 Å². The van der Waals surface area contributed by atoms with Gasteiger partial charge in [0.25, 0.3) is 0 Å². The van der Waals surface area contributed by atoms with Crippen LogP contribution in [0, 0.1) is 17.7 Å². The molecule has 2 unspecified atom stereocenters. The Morgan fingerprint density at radius 1 is 1.40 bits per heavy atom. The largest absolute Gasteiger partial charge is 0.325 e. The fraction of sp³-hybridized carbons (Fsp3) is 0.533. The predicted molar refractivity (Wildman–Crippen MR) is 75.9 cm³/mol. The van der Waals surface area contributed by atoms with E-state index >= 15 is 0 Å². The van der Waals surface area contributed by atoms with E-state index < -0.39 is 0 Å². The van der Waals surface area contributed by atoms with E-state index in [0.29, 0.717) is 18.2 Å². The molecule has 2 saturated heterocycles. The number of likely N-dealkylation sites (tertiary alicyclic amines) is 1. The summed E-state index contributed by atoms with van der Waals surface area (Å²) in [5.41, 5.74) is 0.521. The summed E-state index contributed by atoms with van der Waals surface area (Å²) in [7, 11) is 0. The van der Waals surface area contributed by atoms with Gasteiger partial charge in [-0.15, -0.1) is 0 Å². The van der Waals surface area contributed by atoms with Crippen LogP contribution in [0.1, 0.15) is 6.42 Å². The third-order valence-corrected chi connectivity index (χ3v) is 4.26. The minimum Gasteiger partial charge on any atom is -0.325 e. The SMILES string of the molecule is O=C(CN1CCC2CNCC2C1)Nc1cccc(F)c1. The van der Waals surface area contributed by atoms with Crippen LogP contribution in [0.3, 0.4) is 0 Å². The van der Waals surface area contributed by atoms with E-state index in [1.54, 1.807) is 12.1 Å². The number of amides is 1. The van der Waals surface area contributed by atoms with Gasteiger partial charge in [-0.2, -0.15) is 0 Å². The van der Waals surface area contributed by atoms with Crippen molar-refractivity contribution in [2.24, 2.45) is 11.8 Å². The van der Waals surface area contributed by atoms with Crippen molar-refractivity contribution in [3.8, 4) is 0 Å². The van der Waals surface area contributed by atoms with Gasteiger partial charge in [0.05, 0.1) is 6.54 Å². The molecule has 0 aromatic heterocycles. The van der Waals surface area contributed by atoms with Crippen LogP contribution in [0.15, 0.2) is 24.3 Å². The van der Waals surface area contributed by atoms with Crippen molar-refractivity contribution in [2.75, 3.05) is 38.0 Å². The number of nitrogens with zero attached hydrogens (tertiary/aromatic N) is 1. The highest BCUT2D eigenvalue weighted by atomic mass is 19.1. The summed E-state index contributed by atoms with van der Waals surface area (Å²) < 4.78 is 13.1. The topological polar surface area (TPSA) is 44.4 Å². The van der Waals surface area contributed by atoms with E-state index in [0.717, 1.165) is 38.5 Å². The van der Waals surface area contributed by atoms with Gasteiger partial charge in [-0.3, -0.25) is 9.69 Å². The number of carbonyl (C=O) groups excluding carboxylic acids is 1. The number of hydrogen-bond acceptors (Lipinski definition) is 3. The number of piperidine rings is 1. The summed E-state index contributed by atoms with van der Waals surface area (Å²) in [6.07, 6.45) is 1.16. The molecule has 2 heterocycles. The monoisotopic (exact) mass is 277 g/mol. The van der Waals surface area contributed by atoms with Gasteiger partial charge in [0.2, 0.25) is 5.91 Å². The lowest BCUT2D eigenvalue weighted by Gasteiger charge is -2.33. The first-order valence-corrected chi connectivity index (χ1v) is 7.19. The summed E-state index contributed by atoms with van der Waals surface area (Å²) in [6.45, 7) is 4.52. The number of benzene rings is 1. The zero-order chi connectivity index (χ0) is 13.9. The molecule has 2 atom stereocenters. The number of carbonyl (C=O) groups is 1. The van der Waals surface area contributed by atoms with E-state index in [2.05, 4.69) is 15.5 Å². The van der Waals surface area contributed by atoms with Crippen molar-refractivity contribution >= 4 is 11.6 Å². The number of hydrogen-bond donors (Lipinski definition) is 2. The summed E-state index contributed by atoms with van der Waals surface area (Å²) in [5.74, 6) is 1.05. The van der Waals surface area contributed by atoms with Gasteiger partial charge in [-0.1, -0.05) is 6.07 Å². The highest BCUT2D eigenvalue weighted by Crippen LogP contribution is 2.26. The van der Waals surface area contributed by atoms with Crippen molar-refractivity contribution in [2.45, 2.75) is 6.42 Å². The lowest BCUT2D eigenvalue weighted by atomic mass is 9.89. The van der Waals surface area contributed by atoms with Gasteiger partial charge in [0, 0.05) is 12.2 Å². The lowest BCUT2D eigenvalue weighted by Crippen LogP contribution is -2.43. The van der Waals surface area contributed by atoms with E-state index in [4.69, 9.17) is 0 Å². The molecular formula is C15H20FN3O. The molecule has 2 N–H and O–H groups in total. The average molecular weight is 277 g/mol. The van der Waals surface area contributed by atoms with Gasteiger partial charge in [0.1, 0.15) is 5.82 Å². The number of anilines is 1. The molecule has 0 spiro atoms. The Labute approximate surface area is 118 Å². The third kappa shape index (κ3) is 3.16. The molecule has 2 fully saturated rings. The predicted octanol–water partition coefficient (Wildman–Crippen LogP) is 1.31. The standard InChI is InChI=1S/C15H20FN3O/c16-13-2-1-3-14(6-13)18-15(20)10-19-5-4-11-7-17-8-12(11)9-19/h1-3,6,11-12,17H,4-5,7-10H2,(H,18,20). The zero-order valence-electron chi connectivity index (χ0n) is 11.4. The van der Waals surface area contributed by atoms with Crippen molar-refractivity contribution in [1.82, 2.24) is 10.2 Å². The van der Waals surface area contributed by atoms with Crippen LogP contribution in [0.25, 0.3) is 0 Å². The molecule has 1 aromatic rings. The molecule has 0 saturated carbocycles. The van der Waals surface area contributed by atoms with Crippen LogP contribution >= 0.6 is 0 Å². The fourth-order valence-corrected chi connectivity index (χ4v) is 3.22. The van der Waals surface area contributed by atoms with Crippen molar-refractivity contribution in [3.05, 3.63) is 30.1 Å². The molecule has 108 valence electrons. The van der Waals surface area contributed by atoms with Gasteiger partial charge < -0.3 is 10.6 Å². The maximum Gasteiger partial charge on any atom is 0.238 e. The minimum absolute atomic E-state index is 0.0694. The van der Waals surface area contributed by atoms with E-state index in [1.807, 2.05) is 0 Å². The second-order valence-electron chi connectivity index (χ2n) is 5.76. The molecule has 2 aliphatic rings. The summed E-state index contributed by atoms with van der Waals surface area (Å²) in [4.78, 5) is 14.2. The Morgan fingerprint density at radius 3 is 3.10 bits per heavy atom. The zero-order valence-corrected chi connectivity index (χ0v) is 11.4. The summed E-state index contributed by atoms with van der Waals surface area (Å²) in [5, 5.41) is 6.17. The molecule has 2 aliphatic heterocycles. The van der Waals surface area contributed by atoms with Gasteiger partial charge >= 0.3 is 0 Å². The highest BCUT2D eigenvalue weighted by molar-refractivity contribution is 5.92. The summed E-state index contributed by atoms with van der Waals surface area (Å²) >= 11 is 0. The van der Waals surface area contributed by atoms with E-state index in [-0.39, 0.29) is 11.7 Å². The van der Waals surface area contributed by atoms with E-state index in [9.17, 15) is 9.18 Å². The van der Waals surface area contributed by atoms with Crippen LogP contribution in [0.5, 0.6) is 0 Å². The van der Waals surface area contributed by atoms with Crippen LogP contribution in [0.2, 0.25) is 0 Å². The molecule has 3 rings (SSSR count). The maximum absolute atomic E-state index is 13.1. The second-order valence-corrected chi connectivity index (χ2v) is 5.76. The Kier molecular flexibility index (Phi) is 3.98. The molecule has 5 heteroatoms. The van der Waals surface area contributed by atoms with Crippen LogP contribution in [-0.4, -0.2) is 43.5 Å². The highest BCUT2D eigenvalue weighted by Gasteiger charge is 2.33. The molecule has 0 radical (unpaired) electrons. The molecule has 0 bridgehead atoms. The van der Waals surface area contributed by atoms with Crippen molar-refractivity contribution < 1.29 is 9.18 Å². The third-order valence-electron chi connectivity index (χ3n) is 4.26. The van der Waals surface area contributed by atoms with Crippen molar-refractivity contribution in [3.63, 3.8) is 0 Å². The fourth-order valence-electron chi connectivity index (χ4n) is 3.22. The number of halogens is 1. The van der Waals surface area contributed by atoms with E-state index in [1.165, 1.54) is 12.1 Å². The molecule has 1 amide bonds. The first kappa shape index (κ1) is 13.5. The van der Waals surface area contributed by atoms with Crippen molar-refractivity contribution in [1.29, 1.82) is 0 Å². The smallest absolute Gasteiger partial charge is 0.238 e. The van der Waals surface area contributed by atoms with Crippen LogP contribution in [-0.2, 0) is 4.79 Å². The normalized spacial score (nSPS) is 26.2. The Bertz CT molecular complexity index is 494. The number of nitrogens with one attached hydrogen (secondary N) is 2. The minimum atomic E-state index is -0.333. The molecule has 0 aliphatic carbocycles. The molecular weight excluding hydrogens is 257 g/mol. The Hall–Kier alpha value is -1.46. The molecule has 1 aromatic carbocycles. The lowest BCUT2D eigenvalue weighted by molar-refractivity contribution is -0.117. The molecule has 20 heavy (non-hydrogen) atoms. The second kappa shape index (κ2) is 5.89. The van der Waals surface area contributed by atoms with Gasteiger partial charge in [-0.05, 0) is 56.1 Å². The summed E-state index contributed by atoms with van der Waals surface area (Å²) in [6, 6.07) is 6.01. The Balaban J connectivity index is 1.51. The van der Waals surface area contributed by atoms with Crippen LogP contribution < -0.4 is 10.6 Å². The van der Waals surface area contributed by atoms with Crippen LogP contribution in [0.4, 0.5) is 10.1 Å². The Morgan fingerprint density at radius 2 is 2.25 bits per heavy atom. The first-order valence-electron chi connectivity index (χ1n) is 7.19.